The van der Waals surface area contributed by atoms with Gasteiger partial charge in [0.1, 0.15) is 5.82 Å². The first-order valence-electron chi connectivity index (χ1n) is 8.04. The molecule has 2 aromatic rings. The number of benzene rings is 2. The predicted molar refractivity (Wildman–Crippen MR) is 94.4 cm³/mol. The second-order valence-electron chi connectivity index (χ2n) is 5.90. The fourth-order valence-electron chi connectivity index (χ4n) is 2.50. The SMILES string of the molecule is CN(C)C(CNC(=O)NCCc1ccc(F)cc1)c1ccccc1. The van der Waals surface area contributed by atoms with Crippen molar-refractivity contribution in [1.82, 2.24) is 15.5 Å². The second kappa shape index (κ2) is 9.03. The Morgan fingerprint density at radius 3 is 2.33 bits per heavy atom. The third-order valence-corrected chi connectivity index (χ3v) is 3.88. The number of likely N-dealkylation sites (N-methyl/N-ethyl adjacent to an activating group) is 1. The first kappa shape index (κ1) is 17.9. The minimum Gasteiger partial charge on any atom is -0.338 e. The van der Waals surface area contributed by atoms with Crippen LogP contribution in [-0.4, -0.2) is 38.1 Å². The van der Waals surface area contributed by atoms with Gasteiger partial charge in [-0.2, -0.15) is 0 Å². The molecule has 2 rings (SSSR count). The number of hydrogen-bond acceptors (Lipinski definition) is 2. The van der Waals surface area contributed by atoms with Gasteiger partial charge in [-0.3, -0.25) is 0 Å². The Hall–Kier alpha value is -2.40. The van der Waals surface area contributed by atoms with Crippen molar-refractivity contribution in [2.24, 2.45) is 0 Å². The number of carbonyl (C=O) groups excluding carboxylic acids is 1. The first-order valence-corrected chi connectivity index (χ1v) is 8.04. The Morgan fingerprint density at radius 2 is 1.71 bits per heavy atom. The van der Waals surface area contributed by atoms with Crippen LogP contribution in [0.3, 0.4) is 0 Å². The zero-order valence-electron chi connectivity index (χ0n) is 14.1. The van der Waals surface area contributed by atoms with Crippen molar-refractivity contribution in [3.05, 3.63) is 71.5 Å². The molecule has 2 N–H and O–H groups in total. The van der Waals surface area contributed by atoms with Gasteiger partial charge in [-0.1, -0.05) is 42.5 Å². The van der Waals surface area contributed by atoms with Gasteiger partial charge in [0.15, 0.2) is 0 Å². The largest absolute Gasteiger partial charge is 0.338 e. The summed E-state index contributed by atoms with van der Waals surface area (Å²) in [5, 5.41) is 5.74. The lowest BCUT2D eigenvalue weighted by atomic mass is 10.1. The van der Waals surface area contributed by atoms with E-state index in [9.17, 15) is 9.18 Å². The molecule has 0 heterocycles. The van der Waals surface area contributed by atoms with E-state index in [-0.39, 0.29) is 17.9 Å². The number of nitrogens with one attached hydrogen (secondary N) is 2. The standard InChI is InChI=1S/C19H24FN3O/c1-23(2)18(16-6-4-3-5-7-16)14-22-19(24)21-13-12-15-8-10-17(20)11-9-15/h3-11,18H,12-14H2,1-2H3,(H2,21,22,24). The number of amides is 2. The summed E-state index contributed by atoms with van der Waals surface area (Å²) in [6.07, 6.45) is 0.670. The molecule has 128 valence electrons. The van der Waals surface area contributed by atoms with E-state index >= 15 is 0 Å². The van der Waals surface area contributed by atoms with E-state index in [2.05, 4.69) is 27.7 Å². The van der Waals surface area contributed by atoms with Gasteiger partial charge in [0.25, 0.3) is 0 Å². The van der Waals surface area contributed by atoms with Gasteiger partial charge in [-0.05, 0) is 43.8 Å². The van der Waals surface area contributed by atoms with Crippen molar-refractivity contribution in [3.8, 4) is 0 Å². The van der Waals surface area contributed by atoms with Crippen LogP contribution >= 0.6 is 0 Å². The Morgan fingerprint density at radius 1 is 1.04 bits per heavy atom. The van der Waals surface area contributed by atoms with Crippen LogP contribution in [-0.2, 0) is 6.42 Å². The van der Waals surface area contributed by atoms with Crippen LogP contribution in [0.4, 0.5) is 9.18 Å². The zero-order valence-corrected chi connectivity index (χ0v) is 14.1. The van der Waals surface area contributed by atoms with Crippen molar-refractivity contribution in [1.29, 1.82) is 0 Å². The maximum Gasteiger partial charge on any atom is 0.314 e. The summed E-state index contributed by atoms with van der Waals surface area (Å²) in [6.45, 7) is 1.04. The molecule has 0 aliphatic rings. The van der Waals surface area contributed by atoms with Gasteiger partial charge >= 0.3 is 6.03 Å². The van der Waals surface area contributed by atoms with Gasteiger partial charge in [0.05, 0.1) is 6.04 Å². The highest BCUT2D eigenvalue weighted by atomic mass is 19.1. The quantitative estimate of drug-likeness (QED) is 0.820. The molecule has 0 fully saturated rings. The molecule has 1 atom stereocenters. The van der Waals surface area contributed by atoms with E-state index < -0.39 is 0 Å². The predicted octanol–water partition coefficient (Wildman–Crippen LogP) is 2.97. The molecule has 0 spiro atoms. The second-order valence-corrected chi connectivity index (χ2v) is 5.90. The monoisotopic (exact) mass is 329 g/mol. The average molecular weight is 329 g/mol. The van der Waals surface area contributed by atoms with Crippen molar-refractivity contribution in [3.63, 3.8) is 0 Å². The lowest BCUT2D eigenvalue weighted by Crippen LogP contribution is -2.41. The lowest BCUT2D eigenvalue weighted by Gasteiger charge is -2.25. The highest BCUT2D eigenvalue weighted by Crippen LogP contribution is 2.16. The van der Waals surface area contributed by atoms with E-state index in [1.165, 1.54) is 12.1 Å². The smallest absolute Gasteiger partial charge is 0.314 e. The van der Waals surface area contributed by atoms with E-state index in [1.54, 1.807) is 12.1 Å². The summed E-state index contributed by atoms with van der Waals surface area (Å²) < 4.78 is 12.8. The van der Waals surface area contributed by atoms with E-state index in [1.807, 2.05) is 32.3 Å². The summed E-state index contributed by atoms with van der Waals surface area (Å²) >= 11 is 0. The Labute approximate surface area is 142 Å². The van der Waals surface area contributed by atoms with E-state index in [0.717, 1.165) is 11.1 Å². The lowest BCUT2D eigenvalue weighted by molar-refractivity contribution is 0.233. The molecule has 0 aliphatic heterocycles. The minimum absolute atomic E-state index is 0.119. The van der Waals surface area contributed by atoms with Crippen LogP contribution in [0.1, 0.15) is 17.2 Å². The van der Waals surface area contributed by atoms with Crippen molar-refractivity contribution < 1.29 is 9.18 Å². The average Bonchev–Trinajstić information content (AvgIpc) is 2.57. The molecule has 1 unspecified atom stereocenters. The molecule has 2 aromatic carbocycles. The van der Waals surface area contributed by atoms with Gasteiger partial charge in [-0.15, -0.1) is 0 Å². The number of hydrogen-bond donors (Lipinski definition) is 2. The molecular weight excluding hydrogens is 305 g/mol. The highest BCUT2D eigenvalue weighted by molar-refractivity contribution is 5.73. The maximum absolute atomic E-state index is 12.8. The van der Waals surface area contributed by atoms with Crippen molar-refractivity contribution in [2.45, 2.75) is 12.5 Å². The summed E-state index contributed by atoms with van der Waals surface area (Å²) in [7, 11) is 3.98. The van der Waals surface area contributed by atoms with Gasteiger partial charge in [0.2, 0.25) is 0 Å². The van der Waals surface area contributed by atoms with Crippen LogP contribution in [0.25, 0.3) is 0 Å². The van der Waals surface area contributed by atoms with Gasteiger partial charge in [0, 0.05) is 13.1 Å². The first-order chi connectivity index (χ1) is 11.6. The molecule has 4 nitrogen and oxygen atoms in total. The van der Waals surface area contributed by atoms with Crippen LogP contribution < -0.4 is 10.6 Å². The number of carbonyl (C=O) groups is 1. The molecule has 0 saturated carbocycles. The molecular formula is C19H24FN3O. The third kappa shape index (κ3) is 5.66. The van der Waals surface area contributed by atoms with Crippen LogP contribution in [0.2, 0.25) is 0 Å². The third-order valence-electron chi connectivity index (χ3n) is 3.88. The molecule has 0 aliphatic carbocycles. The fraction of sp³-hybridized carbons (Fsp3) is 0.316. The molecule has 5 heteroatoms. The Balaban J connectivity index is 1.76. The number of nitrogens with zero attached hydrogens (tertiary/aromatic N) is 1. The van der Waals surface area contributed by atoms with E-state index in [0.29, 0.717) is 19.5 Å². The Kier molecular flexibility index (Phi) is 6.75. The normalized spacial score (nSPS) is 12.0. The summed E-state index contributed by atoms with van der Waals surface area (Å²) in [5.41, 5.74) is 2.15. The topological polar surface area (TPSA) is 44.4 Å². The molecule has 0 aromatic heterocycles. The fourth-order valence-corrected chi connectivity index (χ4v) is 2.50. The maximum atomic E-state index is 12.8. The molecule has 0 saturated heterocycles. The number of rotatable bonds is 7. The van der Waals surface area contributed by atoms with Gasteiger partial charge in [-0.25, -0.2) is 9.18 Å². The zero-order chi connectivity index (χ0) is 17.4. The number of urea groups is 1. The molecule has 24 heavy (non-hydrogen) atoms. The summed E-state index contributed by atoms with van der Waals surface area (Å²) in [6, 6.07) is 16.3. The summed E-state index contributed by atoms with van der Waals surface area (Å²) in [5.74, 6) is -0.250. The van der Waals surface area contributed by atoms with Crippen LogP contribution in [0, 0.1) is 5.82 Å². The Bertz CT molecular complexity index is 629. The number of halogens is 1. The highest BCUT2D eigenvalue weighted by Gasteiger charge is 2.14. The molecule has 2 amide bonds. The summed E-state index contributed by atoms with van der Waals surface area (Å²) in [4.78, 5) is 14.0. The van der Waals surface area contributed by atoms with Crippen molar-refractivity contribution in [2.75, 3.05) is 27.2 Å². The van der Waals surface area contributed by atoms with E-state index in [4.69, 9.17) is 0 Å². The van der Waals surface area contributed by atoms with Crippen LogP contribution in [0.15, 0.2) is 54.6 Å². The molecule has 0 bridgehead atoms. The minimum atomic E-state index is -0.250. The van der Waals surface area contributed by atoms with Crippen LogP contribution in [0.5, 0.6) is 0 Å². The van der Waals surface area contributed by atoms with Gasteiger partial charge < -0.3 is 15.5 Å². The van der Waals surface area contributed by atoms with Crippen molar-refractivity contribution >= 4 is 6.03 Å². The molecule has 0 radical (unpaired) electrons.